The second-order valence-corrected chi connectivity index (χ2v) is 12.0. The molecule has 232 valence electrons. The van der Waals surface area contributed by atoms with Gasteiger partial charge in [0.15, 0.2) is 0 Å². The lowest BCUT2D eigenvalue weighted by atomic mass is 9.82. The van der Waals surface area contributed by atoms with Crippen molar-refractivity contribution in [2.24, 2.45) is 17.6 Å². The maximum absolute atomic E-state index is 13.4. The first-order valence-corrected chi connectivity index (χ1v) is 15.9. The van der Waals surface area contributed by atoms with E-state index >= 15 is 0 Å². The van der Waals surface area contributed by atoms with Crippen LogP contribution >= 0.6 is 0 Å². The van der Waals surface area contributed by atoms with Gasteiger partial charge in [-0.25, -0.2) is 0 Å². The highest BCUT2D eigenvalue weighted by Crippen LogP contribution is 2.28. The van der Waals surface area contributed by atoms with Gasteiger partial charge >= 0.3 is 0 Å². The Morgan fingerprint density at radius 2 is 1.49 bits per heavy atom. The van der Waals surface area contributed by atoms with E-state index in [9.17, 15) is 14.7 Å². The molecular formula is C39H43N3O3. The average molecular weight is 602 g/mol. The minimum absolute atomic E-state index is 0.0508. The molecule has 1 aliphatic carbocycles. The molecule has 0 bridgehead atoms. The van der Waals surface area contributed by atoms with Crippen molar-refractivity contribution in [2.45, 2.75) is 38.6 Å². The van der Waals surface area contributed by atoms with Gasteiger partial charge in [0.2, 0.25) is 5.91 Å². The summed E-state index contributed by atoms with van der Waals surface area (Å²) in [7, 11) is 0. The SMILES string of the molecule is NCC1CCC(CNC(=O)c2cccc(-c3cccc(CN(CCc4ccc(O)cc4)C(=O)/C=C/c4ccccc4)c3)c2)CC1. The zero-order chi connectivity index (χ0) is 31.4. The molecule has 2 amide bonds. The summed E-state index contributed by atoms with van der Waals surface area (Å²) in [5, 5.41) is 12.8. The molecule has 6 nitrogen and oxygen atoms in total. The first-order valence-electron chi connectivity index (χ1n) is 15.9. The van der Waals surface area contributed by atoms with Crippen LogP contribution in [-0.2, 0) is 17.8 Å². The molecule has 45 heavy (non-hydrogen) atoms. The number of phenolic OH excluding ortho intramolecular Hbond substituents is 1. The lowest BCUT2D eigenvalue weighted by Crippen LogP contribution is -2.32. The van der Waals surface area contributed by atoms with Gasteiger partial charge in [-0.1, -0.05) is 72.8 Å². The molecule has 4 N–H and O–H groups in total. The number of benzene rings is 4. The van der Waals surface area contributed by atoms with E-state index in [4.69, 9.17) is 5.73 Å². The van der Waals surface area contributed by atoms with Crippen molar-refractivity contribution in [1.29, 1.82) is 0 Å². The van der Waals surface area contributed by atoms with Gasteiger partial charge in [0.1, 0.15) is 5.75 Å². The summed E-state index contributed by atoms with van der Waals surface area (Å²) >= 11 is 0. The van der Waals surface area contributed by atoms with Crippen LogP contribution in [0.15, 0.2) is 109 Å². The van der Waals surface area contributed by atoms with E-state index in [-0.39, 0.29) is 17.6 Å². The minimum atomic E-state index is -0.0711. The number of aromatic hydroxyl groups is 1. The lowest BCUT2D eigenvalue weighted by Gasteiger charge is -2.27. The number of amides is 2. The Hall–Kier alpha value is -4.68. The predicted molar refractivity (Wildman–Crippen MR) is 181 cm³/mol. The van der Waals surface area contributed by atoms with Gasteiger partial charge in [-0.15, -0.1) is 0 Å². The Kier molecular flexibility index (Phi) is 11.2. The number of nitrogens with one attached hydrogen (secondary N) is 1. The summed E-state index contributed by atoms with van der Waals surface area (Å²) in [6.45, 7) is 2.42. The molecular weight excluding hydrogens is 558 g/mol. The zero-order valence-corrected chi connectivity index (χ0v) is 25.8. The van der Waals surface area contributed by atoms with Crippen LogP contribution in [0.25, 0.3) is 17.2 Å². The third-order valence-corrected chi connectivity index (χ3v) is 8.75. The van der Waals surface area contributed by atoms with Crippen molar-refractivity contribution in [3.8, 4) is 16.9 Å². The predicted octanol–water partition coefficient (Wildman–Crippen LogP) is 6.84. The van der Waals surface area contributed by atoms with E-state index in [0.717, 1.165) is 60.0 Å². The molecule has 4 aromatic rings. The molecule has 0 unspecified atom stereocenters. The number of carbonyl (C=O) groups excluding carboxylic acids is 2. The third kappa shape index (κ3) is 9.40. The van der Waals surface area contributed by atoms with Gasteiger partial charge in [0.05, 0.1) is 0 Å². The van der Waals surface area contributed by atoms with Crippen LogP contribution in [0.3, 0.4) is 0 Å². The molecule has 1 saturated carbocycles. The number of hydrogen-bond acceptors (Lipinski definition) is 4. The fourth-order valence-electron chi connectivity index (χ4n) is 5.95. The Balaban J connectivity index is 1.27. The Labute approximate surface area is 266 Å². The van der Waals surface area contributed by atoms with Gasteiger partial charge in [-0.2, -0.15) is 0 Å². The molecule has 1 fully saturated rings. The van der Waals surface area contributed by atoms with Crippen LogP contribution in [0.4, 0.5) is 0 Å². The first-order chi connectivity index (χ1) is 22.0. The summed E-state index contributed by atoms with van der Waals surface area (Å²) in [6.07, 6.45) is 8.65. The lowest BCUT2D eigenvalue weighted by molar-refractivity contribution is -0.126. The van der Waals surface area contributed by atoms with Gasteiger partial charge in [-0.3, -0.25) is 9.59 Å². The first kappa shape index (κ1) is 31.7. The van der Waals surface area contributed by atoms with Crippen LogP contribution in [0.1, 0.15) is 52.7 Å². The molecule has 0 spiro atoms. The van der Waals surface area contributed by atoms with Gasteiger partial charge in [0.25, 0.3) is 5.91 Å². The number of hydrogen-bond donors (Lipinski definition) is 3. The molecule has 4 aromatic carbocycles. The highest BCUT2D eigenvalue weighted by molar-refractivity contribution is 5.95. The number of nitrogens with zero attached hydrogens (tertiary/aromatic N) is 1. The number of phenols is 1. The van der Waals surface area contributed by atoms with E-state index in [0.29, 0.717) is 43.5 Å². The highest BCUT2D eigenvalue weighted by Gasteiger charge is 2.21. The Morgan fingerprint density at radius 3 is 2.22 bits per heavy atom. The molecule has 0 saturated heterocycles. The van der Waals surface area contributed by atoms with Crippen LogP contribution in [0, 0.1) is 11.8 Å². The summed E-state index contributed by atoms with van der Waals surface area (Å²) < 4.78 is 0. The van der Waals surface area contributed by atoms with E-state index in [1.165, 1.54) is 0 Å². The normalized spacial score (nSPS) is 16.4. The molecule has 5 rings (SSSR count). The smallest absolute Gasteiger partial charge is 0.251 e. The molecule has 0 aromatic heterocycles. The molecule has 0 aliphatic heterocycles. The second kappa shape index (κ2) is 15.9. The van der Waals surface area contributed by atoms with E-state index < -0.39 is 0 Å². The van der Waals surface area contributed by atoms with Crippen LogP contribution in [0.2, 0.25) is 0 Å². The summed E-state index contributed by atoms with van der Waals surface area (Å²) in [6, 6.07) is 32.8. The van der Waals surface area contributed by atoms with Gasteiger partial charge in [0, 0.05) is 31.3 Å². The third-order valence-electron chi connectivity index (χ3n) is 8.75. The fourth-order valence-corrected chi connectivity index (χ4v) is 5.95. The molecule has 0 atom stereocenters. The quantitative estimate of drug-likeness (QED) is 0.155. The van der Waals surface area contributed by atoms with Crippen molar-refractivity contribution in [1.82, 2.24) is 10.2 Å². The largest absolute Gasteiger partial charge is 0.508 e. The summed E-state index contributed by atoms with van der Waals surface area (Å²) in [5.74, 6) is 1.24. The minimum Gasteiger partial charge on any atom is -0.508 e. The number of rotatable bonds is 12. The average Bonchev–Trinajstić information content (AvgIpc) is 3.09. The van der Waals surface area contributed by atoms with E-state index in [1.54, 1.807) is 18.2 Å². The monoisotopic (exact) mass is 601 g/mol. The maximum atomic E-state index is 13.4. The summed E-state index contributed by atoms with van der Waals surface area (Å²) in [5.41, 5.74) is 11.4. The highest BCUT2D eigenvalue weighted by atomic mass is 16.3. The van der Waals surface area contributed by atoms with Gasteiger partial charge in [-0.05, 0) is 115 Å². The van der Waals surface area contributed by atoms with E-state index in [1.807, 2.05) is 95.9 Å². The Bertz CT molecular complexity index is 1570. The van der Waals surface area contributed by atoms with E-state index in [2.05, 4.69) is 11.4 Å². The van der Waals surface area contributed by atoms with Crippen LogP contribution < -0.4 is 11.1 Å². The fraction of sp³-hybridized carbons (Fsp3) is 0.282. The summed E-state index contributed by atoms with van der Waals surface area (Å²) in [4.78, 5) is 28.3. The second-order valence-electron chi connectivity index (χ2n) is 12.0. The molecule has 0 heterocycles. The molecule has 1 aliphatic rings. The zero-order valence-electron chi connectivity index (χ0n) is 25.8. The number of carbonyl (C=O) groups is 2. The van der Waals surface area contributed by atoms with Crippen molar-refractivity contribution in [3.63, 3.8) is 0 Å². The standard InChI is InChI=1S/C39H43N3O3/c40-26-31-12-14-32(15-13-31)27-41-39(45)36-11-5-10-35(25-36)34-9-4-8-33(24-34)28-42(23-22-30-16-19-37(43)20-17-30)38(44)21-18-29-6-2-1-3-7-29/h1-11,16-21,24-25,31-32,43H,12-15,22-23,26-28,40H2,(H,41,45)/b21-18+. The topological polar surface area (TPSA) is 95.7 Å². The molecule has 6 heteroatoms. The van der Waals surface area contributed by atoms with Crippen LogP contribution in [-0.4, -0.2) is 41.5 Å². The Morgan fingerprint density at radius 1 is 0.800 bits per heavy atom. The van der Waals surface area contributed by atoms with Gasteiger partial charge < -0.3 is 21.1 Å². The van der Waals surface area contributed by atoms with Crippen molar-refractivity contribution >= 4 is 17.9 Å². The van der Waals surface area contributed by atoms with Crippen LogP contribution in [0.5, 0.6) is 5.75 Å². The number of nitrogens with two attached hydrogens (primary N) is 1. The van der Waals surface area contributed by atoms with Crippen molar-refractivity contribution in [3.05, 3.63) is 131 Å². The maximum Gasteiger partial charge on any atom is 0.251 e. The van der Waals surface area contributed by atoms with Crippen molar-refractivity contribution in [2.75, 3.05) is 19.6 Å². The van der Waals surface area contributed by atoms with Crippen molar-refractivity contribution < 1.29 is 14.7 Å². The molecule has 0 radical (unpaired) electrons.